The molecule has 0 radical (unpaired) electrons. The lowest BCUT2D eigenvalue weighted by Gasteiger charge is -2.38. The molecule has 1 aliphatic heterocycles. The first-order valence-electron chi connectivity index (χ1n) is 10.6. The summed E-state index contributed by atoms with van der Waals surface area (Å²) in [6, 6.07) is 7.07. The largest absolute Gasteiger partial charge is 0.377 e. The molecule has 1 aliphatic carbocycles. The van der Waals surface area contributed by atoms with Crippen LogP contribution in [0, 0.1) is 6.92 Å². The maximum atomic E-state index is 13.5. The maximum Gasteiger partial charge on any atom is 0.243 e. The molecule has 1 fully saturated rings. The number of allylic oxidation sites excluding steroid dienone is 3. The quantitative estimate of drug-likeness (QED) is 0.698. The van der Waals surface area contributed by atoms with Crippen molar-refractivity contribution >= 4 is 10.0 Å². The van der Waals surface area contributed by atoms with E-state index in [0.717, 1.165) is 57.1 Å². The average molecular weight is 404 g/mol. The van der Waals surface area contributed by atoms with Crippen LogP contribution in [0.25, 0.3) is 0 Å². The summed E-state index contributed by atoms with van der Waals surface area (Å²) in [6.07, 6.45) is 16.5. The second-order valence-electron chi connectivity index (χ2n) is 7.85. The molecule has 0 N–H and O–H groups in total. The van der Waals surface area contributed by atoms with Crippen molar-refractivity contribution in [3.05, 3.63) is 54.1 Å². The third-order valence-electron chi connectivity index (χ3n) is 5.68. The zero-order chi connectivity index (χ0) is 19.8. The highest BCUT2D eigenvalue weighted by Gasteiger charge is 2.37. The molecule has 0 amide bonds. The van der Waals surface area contributed by atoms with Crippen LogP contribution in [0.15, 0.2) is 53.5 Å². The highest BCUT2D eigenvalue weighted by molar-refractivity contribution is 7.89. The Morgan fingerprint density at radius 2 is 1.68 bits per heavy atom. The van der Waals surface area contributed by atoms with Crippen molar-refractivity contribution in [3.63, 3.8) is 0 Å². The molecule has 28 heavy (non-hydrogen) atoms. The van der Waals surface area contributed by atoms with Gasteiger partial charge in [0.25, 0.3) is 0 Å². The van der Waals surface area contributed by atoms with Crippen molar-refractivity contribution in [1.29, 1.82) is 0 Å². The van der Waals surface area contributed by atoms with Gasteiger partial charge < -0.3 is 4.74 Å². The zero-order valence-corrected chi connectivity index (χ0v) is 17.7. The third kappa shape index (κ3) is 5.56. The van der Waals surface area contributed by atoms with Gasteiger partial charge in [-0.25, -0.2) is 8.42 Å². The van der Waals surface area contributed by atoms with Crippen LogP contribution in [0.2, 0.25) is 0 Å². The zero-order valence-electron chi connectivity index (χ0n) is 16.9. The fraction of sp³-hybridized carbons (Fsp3) is 0.565. The Morgan fingerprint density at radius 1 is 0.929 bits per heavy atom. The fourth-order valence-electron chi connectivity index (χ4n) is 4.05. The first kappa shape index (κ1) is 21.3. The van der Waals surface area contributed by atoms with Gasteiger partial charge >= 0.3 is 0 Å². The van der Waals surface area contributed by atoms with Gasteiger partial charge in [-0.2, -0.15) is 4.31 Å². The van der Waals surface area contributed by atoms with E-state index in [-0.39, 0.29) is 12.1 Å². The first-order valence-corrected chi connectivity index (χ1v) is 12.0. The summed E-state index contributed by atoms with van der Waals surface area (Å²) < 4.78 is 34.9. The van der Waals surface area contributed by atoms with Crippen LogP contribution >= 0.6 is 0 Å². The number of hydrogen-bond donors (Lipinski definition) is 0. The number of ether oxygens (including phenoxy) is 1. The second kappa shape index (κ2) is 10.4. The van der Waals surface area contributed by atoms with E-state index in [4.69, 9.17) is 4.74 Å². The molecule has 1 aromatic carbocycles. The molecule has 5 heteroatoms. The van der Waals surface area contributed by atoms with Crippen LogP contribution in [0.1, 0.15) is 56.9 Å². The van der Waals surface area contributed by atoms with Gasteiger partial charge in [0.2, 0.25) is 10.0 Å². The van der Waals surface area contributed by atoms with Gasteiger partial charge in [0.15, 0.2) is 0 Å². The normalized spacial score (nSPS) is 28.0. The number of aryl methyl sites for hydroxylation is 1. The molecule has 0 spiro atoms. The molecule has 0 bridgehead atoms. The molecule has 0 aromatic heterocycles. The van der Waals surface area contributed by atoms with E-state index in [1.807, 2.05) is 37.3 Å². The molecule has 3 rings (SSSR count). The molecular formula is C23H33NO3S. The van der Waals surface area contributed by atoms with E-state index in [1.54, 1.807) is 16.4 Å². The molecule has 1 aromatic rings. The summed E-state index contributed by atoms with van der Waals surface area (Å²) in [7, 11) is -3.58. The van der Waals surface area contributed by atoms with Gasteiger partial charge in [-0.1, -0.05) is 61.3 Å². The van der Waals surface area contributed by atoms with Crippen LogP contribution in [0.3, 0.4) is 0 Å². The third-order valence-corrected chi connectivity index (χ3v) is 7.59. The van der Waals surface area contributed by atoms with E-state index >= 15 is 0 Å². The topological polar surface area (TPSA) is 46.6 Å². The summed E-state index contributed by atoms with van der Waals surface area (Å²) in [5, 5.41) is 0. The van der Waals surface area contributed by atoms with Gasteiger partial charge in [-0.05, 0) is 51.2 Å². The maximum absolute atomic E-state index is 13.5. The number of nitrogens with zero attached hydrogens (tertiary/aromatic N) is 1. The van der Waals surface area contributed by atoms with Crippen LogP contribution < -0.4 is 0 Å². The van der Waals surface area contributed by atoms with Gasteiger partial charge in [-0.3, -0.25) is 0 Å². The van der Waals surface area contributed by atoms with Crippen LogP contribution in [-0.4, -0.2) is 38.0 Å². The Hall–Kier alpha value is -1.43. The van der Waals surface area contributed by atoms with Crippen molar-refractivity contribution in [3.8, 4) is 0 Å². The molecule has 154 valence electrons. The lowest BCUT2D eigenvalue weighted by atomic mass is 9.92. The lowest BCUT2D eigenvalue weighted by Crippen LogP contribution is -2.49. The Kier molecular flexibility index (Phi) is 7.89. The van der Waals surface area contributed by atoms with Crippen molar-refractivity contribution in [2.45, 2.75) is 75.3 Å². The fourth-order valence-corrected chi connectivity index (χ4v) is 5.68. The van der Waals surface area contributed by atoms with Crippen molar-refractivity contribution in [1.82, 2.24) is 4.31 Å². The lowest BCUT2D eigenvalue weighted by molar-refractivity contribution is -0.0150. The molecule has 2 atom stereocenters. The molecule has 4 nitrogen and oxygen atoms in total. The number of rotatable bonds is 2. The summed E-state index contributed by atoms with van der Waals surface area (Å²) in [6.45, 7) is 3.07. The van der Waals surface area contributed by atoms with E-state index in [1.165, 1.54) is 6.42 Å². The van der Waals surface area contributed by atoms with Crippen LogP contribution in [0.5, 0.6) is 0 Å². The first-order chi connectivity index (χ1) is 13.6. The highest BCUT2D eigenvalue weighted by Crippen LogP contribution is 2.30. The van der Waals surface area contributed by atoms with E-state index in [2.05, 4.69) is 6.08 Å². The Labute approximate surface area is 170 Å². The minimum absolute atomic E-state index is 0.0131. The van der Waals surface area contributed by atoms with Gasteiger partial charge in [0.05, 0.1) is 17.0 Å². The number of sulfonamides is 1. The summed E-state index contributed by atoms with van der Waals surface area (Å²) >= 11 is 0. The van der Waals surface area contributed by atoms with Gasteiger partial charge in [-0.15, -0.1) is 0 Å². The van der Waals surface area contributed by atoms with Crippen molar-refractivity contribution in [2.24, 2.45) is 0 Å². The Balaban J connectivity index is 1.92. The molecule has 0 unspecified atom stereocenters. The van der Waals surface area contributed by atoms with Gasteiger partial charge in [0, 0.05) is 13.2 Å². The summed E-state index contributed by atoms with van der Waals surface area (Å²) in [5.74, 6) is 0. The monoisotopic (exact) mass is 403 g/mol. The summed E-state index contributed by atoms with van der Waals surface area (Å²) in [4.78, 5) is 0.368. The van der Waals surface area contributed by atoms with Gasteiger partial charge in [0.1, 0.15) is 0 Å². The minimum Gasteiger partial charge on any atom is -0.377 e. The van der Waals surface area contributed by atoms with E-state index in [9.17, 15) is 8.42 Å². The summed E-state index contributed by atoms with van der Waals surface area (Å²) in [5.41, 5.74) is 1.06. The van der Waals surface area contributed by atoms with Crippen LogP contribution in [-0.2, 0) is 14.8 Å². The van der Waals surface area contributed by atoms with Crippen molar-refractivity contribution < 1.29 is 13.2 Å². The highest BCUT2D eigenvalue weighted by atomic mass is 32.2. The molecular weight excluding hydrogens is 370 g/mol. The Morgan fingerprint density at radius 3 is 2.50 bits per heavy atom. The molecule has 0 saturated heterocycles. The predicted octanol–water partition coefficient (Wildman–Crippen LogP) is 5.00. The minimum atomic E-state index is -3.58. The standard InChI is InChI=1S/C23H33NO3S/c1-20-14-16-21(17-15-20)28(25,26)24-18-10-6-4-2-3-5-7-11-19-27-23-13-9-8-12-22(23)24/h2,4,6,10,14-17,22-23H,3,5,7-9,11-13,18-19H2,1H3/b4-2-,10-6+/t22-,23-/m1/s1. The molecule has 1 saturated carbocycles. The van der Waals surface area contributed by atoms with E-state index < -0.39 is 10.0 Å². The smallest absolute Gasteiger partial charge is 0.243 e. The van der Waals surface area contributed by atoms with E-state index in [0.29, 0.717) is 11.4 Å². The predicted molar refractivity (Wildman–Crippen MR) is 114 cm³/mol. The Bertz CT molecular complexity index is 768. The molecule has 1 heterocycles. The molecule has 2 aliphatic rings. The number of fused-ring (bicyclic) bond motifs is 1. The van der Waals surface area contributed by atoms with Crippen molar-refractivity contribution in [2.75, 3.05) is 13.2 Å². The number of benzene rings is 1. The number of hydrogen-bond acceptors (Lipinski definition) is 3. The van der Waals surface area contributed by atoms with Crippen LogP contribution in [0.4, 0.5) is 0 Å². The second-order valence-corrected chi connectivity index (χ2v) is 9.75. The average Bonchev–Trinajstić information content (AvgIpc) is 2.69. The SMILES string of the molecule is Cc1ccc(S(=O)(=O)N2C/C=C/C=C\CCCCCO[C@@H]3CCCC[C@H]32)cc1.